The SMILES string of the molecule is CO[C@@H]1OC[C@@H](SC(=O)c2ccccc2)[C@@H](O)[C@H]1O. The maximum atomic E-state index is 12.0. The maximum absolute atomic E-state index is 12.0. The monoisotopic (exact) mass is 284 g/mol. The molecule has 2 N–H and O–H groups in total. The molecule has 1 heterocycles. The number of thioether (sulfide) groups is 1. The highest BCUT2D eigenvalue weighted by molar-refractivity contribution is 8.14. The zero-order valence-corrected chi connectivity index (χ0v) is 11.2. The van der Waals surface area contributed by atoms with Crippen molar-refractivity contribution >= 4 is 16.9 Å². The first-order valence-electron chi connectivity index (χ1n) is 5.90. The molecule has 0 saturated carbocycles. The topological polar surface area (TPSA) is 76.0 Å². The number of rotatable bonds is 3. The van der Waals surface area contributed by atoms with E-state index < -0.39 is 23.7 Å². The third-order valence-corrected chi connectivity index (χ3v) is 4.10. The van der Waals surface area contributed by atoms with Gasteiger partial charge in [0.15, 0.2) is 6.29 Å². The van der Waals surface area contributed by atoms with Crippen molar-refractivity contribution in [1.29, 1.82) is 0 Å². The van der Waals surface area contributed by atoms with Crippen LogP contribution in [0.3, 0.4) is 0 Å². The van der Waals surface area contributed by atoms with E-state index in [1.54, 1.807) is 24.3 Å². The fourth-order valence-corrected chi connectivity index (χ4v) is 2.85. The second-order valence-corrected chi connectivity index (χ2v) is 5.44. The fourth-order valence-electron chi connectivity index (χ4n) is 1.86. The fraction of sp³-hybridized carbons (Fsp3) is 0.462. The number of hydrogen-bond acceptors (Lipinski definition) is 6. The first kappa shape index (κ1) is 14.5. The lowest BCUT2D eigenvalue weighted by molar-refractivity contribution is -0.229. The molecule has 4 atom stereocenters. The van der Waals surface area contributed by atoms with Gasteiger partial charge in [0.25, 0.3) is 0 Å². The summed E-state index contributed by atoms with van der Waals surface area (Å²) < 4.78 is 10.1. The Morgan fingerprint density at radius 1 is 1.32 bits per heavy atom. The third-order valence-electron chi connectivity index (χ3n) is 2.93. The Labute approximate surface area is 115 Å². The Balaban J connectivity index is 1.98. The molecule has 5 nitrogen and oxygen atoms in total. The van der Waals surface area contributed by atoms with Crippen molar-refractivity contribution in [2.24, 2.45) is 0 Å². The average molecular weight is 284 g/mol. The van der Waals surface area contributed by atoms with Gasteiger partial charge in [0.05, 0.1) is 18.0 Å². The third kappa shape index (κ3) is 3.34. The molecular weight excluding hydrogens is 268 g/mol. The van der Waals surface area contributed by atoms with Crippen LogP contribution in [0, 0.1) is 0 Å². The van der Waals surface area contributed by atoms with Crippen molar-refractivity contribution in [3.8, 4) is 0 Å². The van der Waals surface area contributed by atoms with Gasteiger partial charge in [-0.3, -0.25) is 4.79 Å². The summed E-state index contributed by atoms with van der Waals surface area (Å²) in [5, 5.41) is 19.1. The molecule has 1 fully saturated rings. The normalized spacial score (nSPS) is 31.1. The van der Waals surface area contributed by atoms with Gasteiger partial charge in [0.2, 0.25) is 5.12 Å². The quantitative estimate of drug-likeness (QED) is 0.849. The smallest absolute Gasteiger partial charge is 0.219 e. The van der Waals surface area contributed by atoms with E-state index in [1.807, 2.05) is 6.07 Å². The number of benzene rings is 1. The largest absolute Gasteiger partial charge is 0.389 e. The van der Waals surface area contributed by atoms with E-state index in [0.717, 1.165) is 11.8 Å². The molecule has 0 aliphatic carbocycles. The molecule has 0 amide bonds. The average Bonchev–Trinajstić information content (AvgIpc) is 2.45. The van der Waals surface area contributed by atoms with Crippen LogP contribution in [0.5, 0.6) is 0 Å². The van der Waals surface area contributed by atoms with Crippen molar-refractivity contribution in [1.82, 2.24) is 0 Å². The van der Waals surface area contributed by atoms with Gasteiger partial charge in [0, 0.05) is 12.7 Å². The van der Waals surface area contributed by atoms with Crippen LogP contribution >= 0.6 is 11.8 Å². The van der Waals surface area contributed by atoms with Crippen molar-refractivity contribution in [2.75, 3.05) is 13.7 Å². The summed E-state index contributed by atoms with van der Waals surface area (Å²) in [5.41, 5.74) is 0.558. The van der Waals surface area contributed by atoms with Crippen LogP contribution in [0.4, 0.5) is 0 Å². The van der Waals surface area contributed by atoms with Crippen LogP contribution < -0.4 is 0 Å². The predicted molar refractivity (Wildman–Crippen MR) is 70.9 cm³/mol. The second-order valence-electron chi connectivity index (χ2n) is 4.23. The highest BCUT2D eigenvalue weighted by Crippen LogP contribution is 2.27. The van der Waals surface area contributed by atoms with E-state index >= 15 is 0 Å². The van der Waals surface area contributed by atoms with E-state index in [4.69, 9.17) is 9.47 Å². The van der Waals surface area contributed by atoms with Crippen LogP contribution in [0.15, 0.2) is 30.3 Å². The van der Waals surface area contributed by atoms with Crippen molar-refractivity contribution in [3.05, 3.63) is 35.9 Å². The number of aliphatic hydroxyl groups is 2. The molecular formula is C13H16O5S. The predicted octanol–water partition coefficient (Wildman–Crippen LogP) is 0.653. The highest BCUT2D eigenvalue weighted by Gasteiger charge is 2.39. The van der Waals surface area contributed by atoms with Crippen LogP contribution in [0.25, 0.3) is 0 Å². The van der Waals surface area contributed by atoms with Crippen molar-refractivity contribution in [3.63, 3.8) is 0 Å². The molecule has 1 aliphatic heterocycles. The molecule has 1 aromatic carbocycles. The van der Waals surface area contributed by atoms with Gasteiger partial charge in [-0.15, -0.1) is 0 Å². The van der Waals surface area contributed by atoms with E-state index in [9.17, 15) is 15.0 Å². The van der Waals surface area contributed by atoms with E-state index in [-0.39, 0.29) is 11.7 Å². The Morgan fingerprint density at radius 2 is 2.00 bits per heavy atom. The first-order valence-corrected chi connectivity index (χ1v) is 6.78. The van der Waals surface area contributed by atoms with Gasteiger partial charge in [-0.2, -0.15) is 0 Å². The molecule has 6 heteroatoms. The van der Waals surface area contributed by atoms with Gasteiger partial charge in [-0.25, -0.2) is 0 Å². The maximum Gasteiger partial charge on any atom is 0.219 e. The van der Waals surface area contributed by atoms with Gasteiger partial charge in [-0.1, -0.05) is 42.1 Å². The van der Waals surface area contributed by atoms with Gasteiger partial charge in [-0.05, 0) is 0 Å². The van der Waals surface area contributed by atoms with Gasteiger partial charge in [0.1, 0.15) is 6.10 Å². The van der Waals surface area contributed by atoms with Crippen molar-refractivity contribution in [2.45, 2.75) is 23.7 Å². The van der Waals surface area contributed by atoms with E-state index in [2.05, 4.69) is 0 Å². The molecule has 104 valence electrons. The summed E-state index contributed by atoms with van der Waals surface area (Å²) in [7, 11) is 1.39. The lowest BCUT2D eigenvalue weighted by Gasteiger charge is -2.35. The zero-order chi connectivity index (χ0) is 13.8. The summed E-state index contributed by atoms with van der Waals surface area (Å²) in [6.45, 7) is 0.153. The molecule has 0 spiro atoms. The summed E-state index contributed by atoms with van der Waals surface area (Å²) >= 11 is 0.969. The Bertz CT molecular complexity index is 424. The molecule has 0 radical (unpaired) electrons. The number of hydrogen-bond donors (Lipinski definition) is 2. The molecule has 1 saturated heterocycles. The number of aliphatic hydroxyl groups excluding tert-OH is 2. The lowest BCUT2D eigenvalue weighted by Crippen LogP contribution is -2.52. The molecule has 19 heavy (non-hydrogen) atoms. The Morgan fingerprint density at radius 3 is 2.63 bits per heavy atom. The Hall–Kier alpha value is -0.920. The van der Waals surface area contributed by atoms with Gasteiger partial charge < -0.3 is 19.7 Å². The van der Waals surface area contributed by atoms with E-state index in [0.29, 0.717) is 5.56 Å². The standard InChI is InChI=1S/C13H16O5S/c1-17-13-11(15)10(14)9(7-18-13)19-12(16)8-5-3-2-4-6-8/h2-6,9-11,13-15H,7H2,1H3/t9-,10-,11-,13-/m1/s1. The summed E-state index contributed by atoms with van der Waals surface area (Å²) in [6, 6.07) is 8.79. The van der Waals surface area contributed by atoms with Crippen LogP contribution in [-0.4, -0.2) is 52.8 Å². The lowest BCUT2D eigenvalue weighted by atomic mass is 10.1. The van der Waals surface area contributed by atoms with Crippen molar-refractivity contribution < 1.29 is 24.5 Å². The molecule has 0 aromatic heterocycles. The molecule has 0 bridgehead atoms. The molecule has 2 rings (SSSR count). The Kier molecular flexibility index (Phi) is 4.95. The minimum Gasteiger partial charge on any atom is -0.389 e. The highest BCUT2D eigenvalue weighted by atomic mass is 32.2. The number of ether oxygens (including phenoxy) is 2. The van der Waals surface area contributed by atoms with Crippen LogP contribution in [0.1, 0.15) is 10.4 Å². The van der Waals surface area contributed by atoms with Crippen LogP contribution in [-0.2, 0) is 9.47 Å². The summed E-state index contributed by atoms with van der Waals surface area (Å²) in [6.07, 6.45) is -3.06. The number of carbonyl (C=O) groups is 1. The number of methoxy groups -OCH3 is 1. The minimum atomic E-state index is -1.15. The summed E-state index contributed by atoms with van der Waals surface area (Å²) in [5.74, 6) is 0. The molecule has 0 unspecified atom stereocenters. The summed E-state index contributed by atoms with van der Waals surface area (Å²) in [4.78, 5) is 12.0. The zero-order valence-electron chi connectivity index (χ0n) is 10.4. The second kappa shape index (κ2) is 6.49. The minimum absolute atomic E-state index is 0.153. The van der Waals surface area contributed by atoms with Crippen LogP contribution in [0.2, 0.25) is 0 Å². The van der Waals surface area contributed by atoms with E-state index in [1.165, 1.54) is 7.11 Å². The molecule has 1 aromatic rings. The number of carbonyl (C=O) groups excluding carboxylic acids is 1. The first-order chi connectivity index (χ1) is 9.13. The molecule has 1 aliphatic rings. The van der Waals surface area contributed by atoms with Gasteiger partial charge >= 0.3 is 0 Å².